The van der Waals surface area contributed by atoms with Crippen LogP contribution < -0.4 is 11.3 Å². The third kappa shape index (κ3) is 2.16. The molecular weight excluding hydrogens is 296 g/mol. The fourth-order valence-electron chi connectivity index (χ4n) is 2.40. The number of hydrogen-bond donors (Lipinski definition) is 4. The third-order valence-electron chi connectivity index (χ3n) is 3.36. The zero-order valence-corrected chi connectivity index (χ0v) is 11.1. The molecule has 2 aromatic rings. The van der Waals surface area contributed by atoms with Gasteiger partial charge in [-0.2, -0.15) is 4.98 Å². The Morgan fingerprint density at radius 3 is 3.00 bits per heavy atom. The fraction of sp³-hybridized carbons (Fsp3) is 0.500. The molecule has 0 unspecified atom stereocenters. The molecule has 5 N–H and O–H groups in total. The van der Waals surface area contributed by atoms with E-state index >= 15 is 0 Å². The van der Waals surface area contributed by atoms with Crippen molar-refractivity contribution in [2.45, 2.75) is 24.9 Å². The Labute approximate surface area is 121 Å². The quantitative estimate of drug-likeness (QED) is 0.327. The summed E-state index contributed by atoms with van der Waals surface area (Å²) >= 11 is 0. The highest BCUT2D eigenvalue weighted by atomic mass is 16.5. The summed E-state index contributed by atoms with van der Waals surface area (Å²) < 4.78 is 6.77. The Bertz CT molecular complexity index is 822. The zero-order valence-electron chi connectivity index (χ0n) is 11.1. The lowest BCUT2D eigenvalue weighted by molar-refractivity contribution is -0.0426. The molecule has 22 heavy (non-hydrogen) atoms. The molecule has 2 aromatic heterocycles. The van der Waals surface area contributed by atoms with Crippen LogP contribution in [-0.2, 0) is 4.74 Å². The van der Waals surface area contributed by atoms with E-state index in [4.69, 9.17) is 21.1 Å². The molecule has 1 aliphatic heterocycles. The highest BCUT2D eigenvalue weighted by Gasteiger charge is 2.36. The fourth-order valence-corrected chi connectivity index (χ4v) is 2.40. The molecule has 0 aliphatic carbocycles. The SMILES string of the molecule is [N-]=[N+]=Nc1nc2c(=O)[nH]c(N)nc2n1[C@H]1C[C@H](O)[C@@H](CO)O1. The van der Waals surface area contributed by atoms with Crippen LogP contribution in [0.4, 0.5) is 11.9 Å². The number of nitrogens with two attached hydrogens (primary N) is 1. The number of aliphatic hydroxyl groups is 2. The monoisotopic (exact) mass is 308 g/mol. The maximum absolute atomic E-state index is 11.9. The molecule has 0 bridgehead atoms. The number of fused-ring (bicyclic) bond motifs is 1. The molecule has 3 heterocycles. The Hall–Kier alpha value is -2.66. The summed E-state index contributed by atoms with van der Waals surface area (Å²) in [5, 5.41) is 22.4. The number of nitrogen functional groups attached to an aromatic ring is 1. The van der Waals surface area contributed by atoms with Gasteiger partial charge in [-0.3, -0.25) is 14.3 Å². The minimum atomic E-state index is -0.911. The number of rotatable bonds is 3. The zero-order chi connectivity index (χ0) is 15.9. The average Bonchev–Trinajstić information content (AvgIpc) is 2.99. The summed E-state index contributed by atoms with van der Waals surface area (Å²) in [5.74, 6) is -0.278. The van der Waals surface area contributed by atoms with Gasteiger partial charge in [0.15, 0.2) is 11.2 Å². The first-order chi connectivity index (χ1) is 10.5. The van der Waals surface area contributed by atoms with Crippen molar-refractivity contribution in [2.24, 2.45) is 5.11 Å². The summed E-state index contributed by atoms with van der Waals surface area (Å²) in [7, 11) is 0. The number of H-pyrrole nitrogens is 1. The van der Waals surface area contributed by atoms with Crippen LogP contribution >= 0.6 is 0 Å². The van der Waals surface area contributed by atoms with Gasteiger partial charge in [0.1, 0.15) is 12.3 Å². The van der Waals surface area contributed by atoms with Crippen molar-refractivity contribution in [1.82, 2.24) is 19.5 Å². The van der Waals surface area contributed by atoms with E-state index in [0.717, 1.165) is 0 Å². The number of imidazole rings is 1. The van der Waals surface area contributed by atoms with Gasteiger partial charge < -0.3 is 20.7 Å². The second-order valence-electron chi connectivity index (χ2n) is 4.71. The van der Waals surface area contributed by atoms with Crippen LogP contribution in [0.5, 0.6) is 0 Å². The smallest absolute Gasteiger partial charge is 0.280 e. The first-order valence-corrected chi connectivity index (χ1v) is 6.32. The number of aromatic amines is 1. The Morgan fingerprint density at radius 1 is 1.59 bits per heavy atom. The standard InChI is InChI=1S/C10H12N8O4/c11-9-14-7-6(8(21)15-9)13-10(16-17-12)18(7)5-1-3(20)4(2-19)22-5/h3-5,19-20H,1-2H2,(H3,11,14,15,21)/t3-,4+,5+/m0/s1. The summed E-state index contributed by atoms with van der Waals surface area (Å²) in [4.78, 5) is 24.7. The molecule has 0 radical (unpaired) electrons. The van der Waals surface area contributed by atoms with Crippen LogP contribution in [-0.4, -0.2) is 48.5 Å². The summed E-state index contributed by atoms with van der Waals surface area (Å²) in [6.45, 7) is -0.378. The Morgan fingerprint density at radius 2 is 2.36 bits per heavy atom. The summed E-state index contributed by atoms with van der Waals surface area (Å²) in [6, 6.07) is 0. The summed E-state index contributed by atoms with van der Waals surface area (Å²) in [5.41, 5.74) is 13.6. The number of anilines is 1. The maximum Gasteiger partial charge on any atom is 0.280 e. The highest BCUT2D eigenvalue weighted by Crippen LogP contribution is 2.34. The highest BCUT2D eigenvalue weighted by molar-refractivity contribution is 5.74. The van der Waals surface area contributed by atoms with Crippen LogP contribution in [0.25, 0.3) is 21.6 Å². The van der Waals surface area contributed by atoms with Crippen LogP contribution in [0.1, 0.15) is 12.6 Å². The molecule has 0 aromatic carbocycles. The van der Waals surface area contributed by atoms with E-state index in [9.17, 15) is 9.90 Å². The van der Waals surface area contributed by atoms with Gasteiger partial charge in [0.05, 0.1) is 12.7 Å². The molecule has 0 saturated carbocycles. The number of nitrogens with one attached hydrogen (secondary N) is 1. The molecule has 3 rings (SSSR count). The van der Waals surface area contributed by atoms with Crippen molar-refractivity contribution in [3.8, 4) is 0 Å². The van der Waals surface area contributed by atoms with Crippen molar-refractivity contribution in [3.05, 3.63) is 20.8 Å². The number of hydrogen-bond acceptors (Lipinski definition) is 8. The summed E-state index contributed by atoms with van der Waals surface area (Å²) in [6.07, 6.45) is -2.39. The third-order valence-corrected chi connectivity index (χ3v) is 3.36. The predicted octanol–water partition coefficient (Wildman–Crippen LogP) is -0.716. The van der Waals surface area contributed by atoms with Gasteiger partial charge in [0, 0.05) is 11.3 Å². The van der Waals surface area contributed by atoms with Crippen LogP contribution in [0.2, 0.25) is 0 Å². The van der Waals surface area contributed by atoms with Crippen LogP contribution in [0, 0.1) is 0 Å². The number of aromatic nitrogens is 4. The minimum Gasteiger partial charge on any atom is -0.394 e. The second-order valence-corrected chi connectivity index (χ2v) is 4.71. The lowest BCUT2D eigenvalue weighted by Crippen LogP contribution is -2.24. The van der Waals surface area contributed by atoms with E-state index < -0.39 is 24.0 Å². The molecule has 116 valence electrons. The predicted molar refractivity (Wildman–Crippen MR) is 73.0 cm³/mol. The number of nitrogens with zero attached hydrogens (tertiary/aromatic N) is 6. The minimum absolute atomic E-state index is 0.0675. The van der Waals surface area contributed by atoms with Crippen LogP contribution in [0.3, 0.4) is 0 Å². The first-order valence-electron chi connectivity index (χ1n) is 6.32. The molecule has 0 spiro atoms. The maximum atomic E-state index is 11.9. The number of azide groups is 1. The second kappa shape index (κ2) is 5.27. The molecule has 1 aliphatic rings. The normalized spacial score (nSPS) is 24.5. The van der Waals surface area contributed by atoms with Crippen molar-refractivity contribution in [3.63, 3.8) is 0 Å². The molecule has 1 fully saturated rings. The van der Waals surface area contributed by atoms with E-state index in [2.05, 4.69) is 25.0 Å². The van der Waals surface area contributed by atoms with E-state index in [1.807, 2.05) is 0 Å². The number of ether oxygens (including phenoxy) is 1. The van der Waals surface area contributed by atoms with E-state index in [1.54, 1.807) is 0 Å². The lowest BCUT2D eigenvalue weighted by Gasteiger charge is -2.15. The van der Waals surface area contributed by atoms with Gasteiger partial charge in [-0.25, -0.2) is 4.98 Å². The molecule has 0 amide bonds. The van der Waals surface area contributed by atoms with Crippen molar-refractivity contribution in [1.29, 1.82) is 0 Å². The van der Waals surface area contributed by atoms with Gasteiger partial charge in [0.25, 0.3) is 5.56 Å². The average molecular weight is 308 g/mol. The van der Waals surface area contributed by atoms with Crippen LogP contribution in [0.15, 0.2) is 9.91 Å². The van der Waals surface area contributed by atoms with E-state index in [1.165, 1.54) is 4.57 Å². The van der Waals surface area contributed by atoms with Gasteiger partial charge in [0.2, 0.25) is 11.9 Å². The molecule has 12 nitrogen and oxygen atoms in total. The Balaban J connectivity index is 2.21. The molecular formula is C10H12N8O4. The number of aliphatic hydroxyl groups excluding tert-OH is 2. The van der Waals surface area contributed by atoms with Gasteiger partial charge in [-0.05, 0) is 10.6 Å². The topological polar surface area (TPSA) is 188 Å². The van der Waals surface area contributed by atoms with Gasteiger partial charge in [-0.15, -0.1) is 0 Å². The van der Waals surface area contributed by atoms with Crippen molar-refractivity contribution in [2.75, 3.05) is 12.3 Å². The van der Waals surface area contributed by atoms with Gasteiger partial charge >= 0.3 is 0 Å². The lowest BCUT2D eigenvalue weighted by atomic mass is 10.2. The van der Waals surface area contributed by atoms with Gasteiger partial charge in [-0.1, -0.05) is 0 Å². The molecule has 12 heteroatoms. The Kier molecular flexibility index (Phi) is 3.42. The molecule has 1 saturated heterocycles. The largest absolute Gasteiger partial charge is 0.394 e. The van der Waals surface area contributed by atoms with Crippen molar-refractivity contribution >= 4 is 23.1 Å². The molecule has 3 atom stereocenters. The first kappa shape index (κ1) is 14.3. The van der Waals surface area contributed by atoms with E-state index in [0.29, 0.717) is 0 Å². The van der Waals surface area contributed by atoms with E-state index in [-0.39, 0.29) is 36.1 Å². The van der Waals surface area contributed by atoms with Crippen molar-refractivity contribution < 1.29 is 14.9 Å².